The lowest BCUT2D eigenvalue weighted by Gasteiger charge is -2.11. The third-order valence-electron chi connectivity index (χ3n) is 4.19. The highest BCUT2D eigenvalue weighted by atomic mass is 79.9. The molecule has 1 aliphatic rings. The number of carbonyl (C=O) groups excluding carboxylic acids is 1. The van der Waals surface area contributed by atoms with Gasteiger partial charge in [-0.2, -0.15) is 0 Å². The van der Waals surface area contributed by atoms with Gasteiger partial charge in [-0.1, -0.05) is 40.2 Å². The van der Waals surface area contributed by atoms with Crippen LogP contribution in [0.25, 0.3) is 12.2 Å². The molecule has 3 heteroatoms. The molecule has 0 N–H and O–H groups in total. The summed E-state index contributed by atoms with van der Waals surface area (Å²) in [5, 5.41) is 0. The summed E-state index contributed by atoms with van der Waals surface area (Å²) in [6.07, 6.45) is 5.65. The molecule has 0 aromatic heterocycles. The zero-order valence-electron chi connectivity index (χ0n) is 13.9. The maximum absolute atomic E-state index is 12.6. The molecule has 1 aliphatic carbocycles. The van der Waals surface area contributed by atoms with Crippen molar-refractivity contribution in [2.24, 2.45) is 0 Å². The molecule has 0 spiro atoms. The summed E-state index contributed by atoms with van der Waals surface area (Å²) < 4.78 is 1.03. The summed E-state index contributed by atoms with van der Waals surface area (Å²) in [6.45, 7) is 0. The van der Waals surface area contributed by atoms with Crippen LogP contribution in [0.5, 0.6) is 0 Å². The van der Waals surface area contributed by atoms with E-state index in [0.717, 1.165) is 45.3 Å². The number of nitrogens with zero attached hydrogens (tertiary/aromatic N) is 1. The van der Waals surface area contributed by atoms with Crippen molar-refractivity contribution in [2.45, 2.75) is 12.8 Å². The minimum atomic E-state index is 0.173. The monoisotopic (exact) mass is 381 g/mol. The summed E-state index contributed by atoms with van der Waals surface area (Å²) in [6, 6.07) is 16.3. The van der Waals surface area contributed by atoms with Crippen molar-refractivity contribution < 1.29 is 4.79 Å². The van der Waals surface area contributed by atoms with Gasteiger partial charge >= 0.3 is 0 Å². The van der Waals surface area contributed by atoms with Gasteiger partial charge in [0.1, 0.15) is 0 Å². The molecule has 3 rings (SSSR count). The van der Waals surface area contributed by atoms with Crippen molar-refractivity contribution in [3.8, 4) is 0 Å². The molecule has 0 radical (unpaired) electrons. The Kier molecular flexibility index (Phi) is 5.00. The normalized spacial score (nSPS) is 17.7. The molecular weight excluding hydrogens is 362 g/mol. The van der Waals surface area contributed by atoms with Crippen LogP contribution >= 0.6 is 15.9 Å². The molecule has 2 aromatic rings. The average molecular weight is 382 g/mol. The van der Waals surface area contributed by atoms with Gasteiger partial charge in [0.2, 0.25) is 0 Å². The smallest absolute Gasteiger partial charge is 0.185 e. The molecule has 0 amide bonds. The quantitative estimate of drug-likeness (QED) is 0.668. The van der Waals surface area contributed by atoms with E-state index >= 15 is 0 Å². The van der Waals surface area contributed by atoms with Crippen LogP contribution in [0.4, 0.5) is 5.69 Å². The Hall–Kier alpha value is -2.13. The summed E-state index contributed by atoms with van der Waals surface area (Å²) in [5.41, 5.74) is 5.08. The zero-order chi connectivity index (χ0) is 17.1. The molecule has 0 aliphatic heterocycles. The van der Waals surface area contributed by atoms with Gasteiger partial charge in [-0.15, -0.1) is 0 Å². The Morgan fingerprint density at radius 1 is 0.917 bits per heavy atom. The Balaban J connectivity index is 1.80. The lowest BCUT2D eigenvalue weighted by Crippen LogP contribution is -2.07. The van der Waals surface area contributed by atoms with Crippen LogP contribution in [0.1, 0.15) is 24.0 Å². The number of Topliss-reactive ketones (excluding diaryl/α,β-unsaturated/α-hetero) is 1. The SMILES string of the molecule is CN(C)c1ccc(C=C2CCC(=Cc3cccc(Br)c3)C2=O)cc1. The fourth-order valence-corrected chi connectivity index (χ4v) is 3.26. The Morgan fingerprint density at radius 2 is 1.54 bits per heavy atom. The topological polar surface area (TPSA) is 20.3 Å². The molecule has 0 unspecified atom stereocenters. The van der Waals surface area contributed by atoms with Gasteiger partial charge in [0.25, 0.3) is 0 Å². The summed E-state index contributed by atoms with van der Waals surface area (Å²) in [4.78, 5) is 14.7. The molecule has 122 valence electrons. The van der Waals surface area contributed by atoms with Gasteiger partial charge < -0.3 is 4.90 Å². The van der Waals surface area contributed by atoms with Crippen molar-refractivity contribution >= 4 is 39.6 Å². The third kappa shape index (κ3) is 3.85. The zero-order valence-corrected chi connectivity index (χ0v) is 15.5. The number of benzene rings is 2. The Labute approximate surface area is 151 Å². The van der Waals surface area contributed by atoms with Gasteiger partial charge in [0.05, 0.1) is 0 Å². The first-order valence-electron chi connectivity index (χ1n) is 8.02. The van der Waals surface area contributed by atoms with Crippen LogP contribution in [-0.4, -0.2) is 19.9 Å². The van der Waals surface area contributed by atoms with E-state index in [1.54, 1.807) is 0 Å². The van der Waals surface area contributed by atoms with Crippen LogP contribution < -0.4 is 4.90 Å². The maximum atomic E-state index is 12.6. The van der Waals surface area contributed by atoms with E-state index in [2.05, 4.69) is 45.1 Å². The number of anilines is 1. The first-order chi connectivity index (χ1) is 11.5. The minimum Gasteiger partial charge on any atom is -0.378 e. The van der Waals surface area contributed by atoms with Crippen LogP contribution in [0.15, 0.2) is 64.1 Å². The standard InChI is InChI=1S/C21H20BrNO/c1-23(2)20-10-6-15(7-11-20)12-17-8-9-18(21(17)24)13-16-4-3-5-19(22)14-16/h3-7,10-14H,8-9H2,1-2H3. The van der Waals surface area contributed by atoms with Crippen LogP contribution in [0, 0.1) is 0 Å². The Morgan fingerprint density at radius 3 is 2.12 bits per heavy atom. The summed E-state index contributed by atoms with van der Waals surface area (Å²) in [5.74, 6) is 0.173. The fourth-order valence-electron chi connectivity index (χ4n) is 2.85. The van der Waals surface area contributed by atoms with E-state index in [9.17, 15) is 4.79 Å². The van der Waals surface area contributed by atoms with E-state index in [0.29, 0.717) is 0 Å². The second-order valence-electron chi connectivity index (χ2n) is 6.21. The summed E-state index contributed by atoms with van der Waals surface area (Å²) >= 11 is 3.47. The van der Waals surface area contributed by atoms with E-state index in [-0.39, 0.29) is 5.78 Å². The number of halogens is 1. The van der Waals surface area contributed by atoms with E-state index < -0.39 is 0 Å². The van der Waals surface area contributed by atoms with Gasteiger partial charge in [0.15, 0.2) is 5.78 Å². The van der Waals surface area contributed by atoms with Crippen LogP contribution in [-0.2, 0) is 4.79 Å². The molecule has 2 aromatic carbocycles. The first kappa shape index (κ1) is 16.7. The van der Waals surface area contributed by atoms with Crippen LogP contribution in [0.3, 0.4) is 0 Å². The number of carbonyl (C=O) groups is 1. The lowest BCUT2D eigenvalue weighted by atomic mass is 10.1. The van der Waals surface area contributed by atoms with Crippen molar-refractivity contribution in [3.63, 3.8) is 0 Å². The largest absolute Gasteiger partial charge is 0.378 e. The predicted octanol–water partition coefficient (Wildman–Crippen LogP) is 5.35. The van der Waals surface area contributed by atoms with Gasteiger partial charge in [-0.3, -0.25) is 4.79 Å². The van der Waals surface area contributed by atoms with Gasteiger partial charge in [-0.05, 0) is 60.4 Å². The van der Waals surface area contributed by atoms with Crippen LogP contribution in [0.2, 0.25) is 0 Å². The molecule has 0 heterocycles. The van der Waals surface area contributed by atoms with Crippen molar-refractivity contribution in [1.29, 1.82) is 0 Å². The lowest BCUT2D eigenvalue weighted by molar-refractivity contribution is -0.111. The molecule has 2 nitrogen and oxygen atoms in total. The molecule has 0 bridgehead atoms. The number of allylic oxidation sites excluding steroid dienone is 2. The first-order valence-corrected chi connectivity index (χ1v) is 8.81. The van der Waals surface area contributed by atoms with E-state index in [4.69, 9.17) is 0 Å². The number of rotatable bonds is 3. The minimum absolute atomic E-state index is 0.173. The number of hydrogen-bond donors (Lipinski definition) is 0. The molecule has 0 saturated heterocycles. The molecule has 1 saturated carbocycles. The average Bonchev–Trinajstić information content (AvgIpc) is 2.89. The molecule has 1 fully saturated rings. The highest BCUT2D eigenvalue weighted by Gasteiger charge is 2.22. The molecule has 24 heavy (non-hydrogen) atoms. The predicted molar refractivity (Wildman–Crippen MR) is 105 cm³/mol. The van der Waals surface area contributed by atoms with Gasteiger partial charge in [0, 0.05) is 35.4 Å². The molecule has 0 atom stereocenters. The highest BCUT2D eigenvalue weighted by molar-refractivity contribution is 9.10. The third-order valence-corrected chi connectivity index (χ3v) is 4.68. The summed E-state index contributed by atoms with van der Waals surface area (Å²) in [7, 11) is 4.04. The van der Waals surface area contributed by atoms with E-state index in [1.807, 2.05) is 50.5 Å². The fraction of sp³-hybridized carbons (Fsp3) is 0.190. The maximum Gasteiger partial charge on any atom is 0.185 e. The van der Waals surface area contributed by atoms with Crippen molar-refractivity contribution in [2.75, 3.05) is 19.0 Å². The van der Waals surface area contributed by atoms with E-state index in [1.165, 1.54) is 0 Å². The highest BCUT2D eigenvalue weighted by Crippen LogP contribution is 2.30. The second-order valence-corrected chi connectivity index (χ2v) is 7.12. The number of hydrogen-bond acceptors (Lipinski definition) is 2. The number of ketones is 1. The Bertz CT molecular complexity index is 816. The van der Waals surface area contributed by atoms with Crippen molar-refractivity contribution in [3.05, 3.63) is 75.3 Å². The second kappa shape index (κ2) is 7.18. The van der Waals surface area contributed by atoms with Crippen molar-refractivity contribution in [1.82, 2.24) is 0 Å². The molecular formula is C21H20BrNO. The van der Waals surface area contributed by atoms with Gasteiger partial charge in [-0.25, -0.2) is 0 Å².